The summed E-state index contributed by atoms with van der Waals surface area (Å²) in [6.45, 7) is 6.32. The molecule has 0 saturated carbocycles. The SMILES string of the molecule is CC(C)NC(=O)COC(=O)c1cccc(C(=O)OCC(=O)NC(C)C)c1. The smallest absolute Gasteiger partial charge is 0.338 e. The van der Waals surface area contributed by atoms with Crippen molar-refractivity contribution in [3.63, 3.8) is 0 Å². The Balaban J connectivity index is 2.60. The van der Waals surface area contributed by atoms with Crippen LogP contribution in [0.2, 0.25) is 0 Å². The van der Waals surface area contributed by atoms with Crippen LogP contribution in [0, 0.1) is 0 Å². The Morgan fingerprint density at radius 3 is 1.54 bits per heavy atom. The van der Waals surface area contributed by atoms with Crippen LogP contribution in [0.15, 0.2) is 24.3 Å². The van der Waals surface area contributed by atoms with Crippen molar-refractivity contribution in [1.29, 1.82) is 0 Å². The van der Waals surface area contributed by atoms with Crippen molar-refractivity contribution >= 4 is 23.8 Å². The van der Waals surface area contributed by atoms with Gasteiger partial charge in [0.25, 0.3) is 11.8 Å². The highest BCUT2D eigenvalue weighted by molar-refractivity contribution is 5.96. The van der Waals surface area contributed by atoms with Gasteiger partial charge in [0, 0.05) is 12.1 Å². The molecule has 142 valence electrons. The van der Waals surface area contributed by atoms with Crippen LogP contribution in [-0.4, -0.2) is 49.1 Å². The summed E-state index contributed by atoms with van der Waals surface area (Å²) in [5.74, 6) is -2.31. The molecule has 0 bridgehead atoms. The van der Waals surface area contributed by atoms with Crippen LogP contribution in [0.3, 0.4) is 0 Å². The third-order valence-electron chi connectivity index (χ3n) is 2.90. The predicted molar refractivity (Wildman–Crippen MR) is 93.6 cm³/mol. The van der Waals surface area contributed by atoms with E-state index >= 15 is 0 Å². The molecule has 8 nitrogen and oxygen atoms in total. The number of amides is 2. The number of hydrogen-bond acceptors (Lipinski definition) is 6. The van der Waals surface area contributed by atoms with Gasteiger partial charge in [-0.1, -0.05) is 6.07 Å². The van der Waals surface area contributed by atoms with Gasteiger partial charge in [0.2, 0.25) is 0 Å². The van der Waals surface area contributed by atoms with Crippen LogP contribution < -0.4 is 10.6 Å². The summed E-state index contributed by atoms with van der Waals surface area (Å²) in [7, 11) is 0. The Kier molecular flexibility index (Phi) is 8.27. The molecule has 0 aliphatic rings. The van der Waals surface area contributed by atoms with Gasteiger partial charge in [-0.2, -0.15) is 0 Å². The maximum atomic E-state index is 12.0. The normalized spacial score (nSPS) is 10.4. The first-order chi connectivity index (χ1) is 12.2. The minimum atomic E-state index is -0.740. The topological polar surface area (TPSA) is 111 Å². The Bertz CT molecular complexity index is 616. The number of rotatable bonds is 8. The molecule has 0 aliphatic heterocycles. The Morgan fingerprint density at radius 1 is 0.808 bits per heavy atom. The lowest BCUT2D eigenvalue weighted by Crippen LogP contribution is -2.34. The lowest BCUT2D eigenvalue weighted by atomic mass is 10.1. The largest absolute Gasteiger partial charge is 0.452 e. The monoisotopic (exact) mass is 364 g/mol. The number of benzene rings is 1. The molecule has 0 spiro atoms. The van der Waals surface area contributed by atoms with E-state index in [2.05, 4.69) is 10.6 Å². The van der Waals surface area contributed by atoms with Crippen molar-refractivity contribution in [2.45, 2.75) is 39.8 Å². The number of ether oxygens (including phenoxy) is 2. The molecular weight excluding hydrogens is 340 g/mol. The second kappa shape index (κ2) is 10.2. The van der Waals surface area contributed by atoms with Crippen molar-refractivity contribution in [1.82, 2.24) is 10.6 Å². The first-order valence-corrected chi connectivity index (χ1v) is 8.22. The second-order valence-electron chi connectivity index (χ2n) is 6.18. The maximum Gasteiger partial charge on any atom is 0.338 e. The number of esters is 2. The minimum Gasteiger partial charge on any atom is -0.452 e. The minimum absolute atomic E-state index is 0.0628. The Morgan fingerprint density at radius 2 is 1.19 bits per heavy atom. The summed E-state index contributed by atoms with van der Waals surface area (Å²) in [4.78, 5) is 46.9. The average Bonchev–Trinajstić information content (AvgIpc) is 2.56. The number of carbonyl (C=O) groups is 4. The molecule has 0 aliphatic carbocycles. The number of carbonyl (C=O) groups excluding carboxylic acids is 4. The standard InChI is InChI=1S/C18H24N2O6/c1-11(2)19-15(21)9-25-17(23)13-6-5-7-14(8-13)18(24)26-10-16(22)20-12(3)4/h5-8,11-12H,9-10H2,1-4H3,(H,19,21)(H,20,22). The molecule has 1 aromatic carbocycles. The van der Waals surface area contributed by atoms with Gasteiger partial charge in [-0.15, -0.1) is 0 Å². The van der Waals surface area contributed by atoms with Crippen molar-refractivity contribution in [2.75, 3.05) is 13.2 Å². The molecular formula is C18H24N2O6. The van der Waals surface area contributed by atoms with E-state index in [9.17, 15) is 19.2 Å². The molecule has 2 amide bonds. The molecule has 1 rings (SSSR count). The zero-order valence-corrected chi connectivity index (χ0v) is 15.3. The third-order valence-corrected chi connectivity index (χ3v) is 2.90. The van der Waals surface area contributed by atoms with Crippen molar-refractivity contribution in [3.8, 4) is 0 Å². The van der Waals surface area contributed by atoms with E-state index in [1.165, 1.54) is 24.3 Å². The van der Waals surface area contributed by atoms with Crippen LogP contribution in [0.25, 0.3) is 0 Å². The zero-order valence-electron chi connectivity index (χ0n) is 15.3. The lowest BCUT2D eigenvalue weighted by Gasteiger charge is -2.10. The molecule has 0 radical (unpaired) electrons. The molecule has 8 heteroatoms. The van der Waals surface area contributed by atoms with E-state index in [1.54, 1.807) is 27.7 Å². The van der Waals surface area contributed by atoms with Crippen molar-refractivity contribution < 1.29 is 28.7 Å². The molecule has 0 aromatic heterocycles. The van der Waals surface area contributed by atoms with Gasteiger partial charge >= 0.3 is 11.9 Å². The van der Waals surface area contributed by atoms with Crippen molar-refractivity contribution in [2.24, 2.45) is 0 Å². The molecule has 0 heterocycles. The van der Waals surface area contributed by atoms with Crippen LogP contribution >= 0.6 is 0 Å². The first-order valence-electron chi connectivity index (χ1n) is 8.22. The summed E-state index contributed by atoms with van der Waals surface area (Å²) < 4.78 is 9.80. The van der Waals surface area contributed by atoms with Crippen LogP contribution in [0.5, 0.6) is 0 Å². The van der Waals surface area contributed by atoms with Crippen LogP contribution in [0.4, 0.5) is 0 Å². The van der Waals surface area contributed by atoms with Gasteiger partial charge in [0.15, 0.2) is 13.2 Å². The first kappa shape index (κ1) is 21.1. The van der Waals surface area contributed by atoms with E-state index < -0.39 is 37.0 Å². The number of hydrogen-bond donors (Lipinski definition) is 2. The predicted octanol–water partition coefficient (Wildman–Crippen LogP) is 1.05. The van der Waals surface area contributed by atoms with Gasteiger partial charge in [-0.25, -0.2) is 9.59 Å². The van der Waals surface area contributed by atoms with E-state index in [1.807, 2.05) is 0 Å². The fraction of sp³-hybridized carbons (Fsp3) is 0.444. The van der Waals surface area contributed by atoms with Crippen LogP contribution in [0.1, 0.15) is 48.4 Å². The van der Waals surface area contributed by atoms with E-state index in [0.717, 1.165) is 0 Å². The summed E-state index contributed by atoms with van der Waals surface area (Å²) >= 11 is 0. The lowest BCUT2D eigenvalue weighted by molar-refractivity contribution is -0.125. The molecule has 0 atom stereocenters. The molecule has 0 unspecified atom stereocenters. The highest BCUT2D eigenvalue weighted by atomic mass is 16.5. The molecule has 2 N–H and O–H groups in total. The van der Waals surface area contributed by atoms with E-state index in [0.29, 0.717) is 0 Å². The summed E-state index contributed by atoms with van der Waals surface area (Å²) in [5, 5.41) is 5.18. The fourth-order valence-electron chi connectivity index (χ4n) is 1.93. The highest BCUT2D eigenvalue weighted by Gasteiger charge is 2.15. The van der Waals surface area contributed by atoms with Gasteiger partial charge < -0.3 is 20.1 Å². The average molecular weight is 364 g/mol. The summed E-state index contributed by atoms with van der Waals surface area (Å²) in [5.41, 5.74) is 0.201. The highest BCUT2D eigenvalue weighted by Crippen LogP contribution is 2.08. The van der Waals surface area contributed by atoms with E-state index in [-0.39, 0.29) is 23.2 Å². The number of nitrogens with one attached hydrogen (secondary N) is 2. The zero-order chi connectivity index (χ0) is 19.7. The van der Waals surface area contributed by atoms with Gasteiger partial charge in [-0.3, -0.25) is 9.59 Å². The van der Waals surface area contributed by atoms with Crippen LogP contribution in [-0.2, 0) is 19.1 Å². The van der Waals surface area contributed by atoms with Gasteiger partial charge in [0.05, 0.1) is 11.1 Å². The summed E-state index contributed by atoms with van der Waals surface area (Å²) in [6.07, 6.45) is 0. The summed E-state index contributed by atoms with van der Waals surface area (Å²) in [6, 6.07) is 5.54. The molecule has 0 saturated heterocycles. The Hall–Kier alpha value is -2.90. The third kappa shape index (κ3) is 7.78. The van der Waals surface area contributed by atoms with Gasteiger partial charge in [0.1, 0.15) is 0 Å². The fourth-order valence-corrected chi connectivity index (χ4v) is 1.93. The molecule has 26 heavy (non-hydrogen) atoms. The molecule has 1 aromatic rings. The quantitative estimate of drug-likeness (QED) is 0.667. The van der Waals surface area contributed by atoms with Gasteiger partial charge in [-0.05, 0) is 45.9 Å². The maximum absolute atomic E-state index is 12.0. The van der Waals surface area contributed by atoms with E-state index in [4.69, 9.17) is 9.47 Å². The second-order valence-corrected chi connectivity index (χ2v) is 6.18. The van der Waals surface area contributed by atoms with Crippen molar-refractivity contribution in [3.05, 3.63) is 35.4 Å². The Labute approximate surface area is 152 Å². The molecule has 0 fully saturated rings.